The van der Waals surface area contributed by atoms with Crippen molar-refractivity contribution in [2.24, 2.45) is 0 Å². The van der Waals surface area contributed by atoms with Crippen molar-refractivity contribution < 1.29 is 14.0 Å². The lowest BCUT2D eigenvalue weighted by atomic mass is 10.2. The first-order valence-corrected chi connectivity index (χ1v) is 7.81. The highest BCUT2D eigenvalue weighted by molar-refractivity contribution is 9.10. The molecule has 0 atom stereocenters. The van der Waals surface area contributed by atoms with E-state index in [0.29, 0.717) is 29.8 Å². The van der Waals surface area contributed by atoms with Gasteiger partial charge in [0.15, 0.2) is 11.5 Å². The Labute approximate surface area is 142 Å². The van der Waals surface area contributed by atoms with Crippen LogP contribution in [0.1, 0.15) is 11.5 Å². The molecule has 0 aliphatic heterocycles. The number of benzene rings is 2. The van der Waals surface area contributed by atoms with Crippen molar-refractivity contribution >= 4 is 15.9 Å². The Hall–Kier alpha value is -2.34. The van der Waals surface area contributed by atoms with Gasteiger partial charge in [0, 0.05) is 17.0 Å². The van der Waals surface area contributed by atoms with Crippen LogP contribution in [0.3, 0.4) is 0 Å². The van der Waals surface area contributed by atoms with Crippen molar-refractivity contribution in [1.82, 2.24) is 10.1 Å². The molecule has 1 heterocycles. The summed E-state index contributed by atoms with van der Waals surface area (Å²) >= 11 is 3.51. The van der Waals surface area contributed by atoms with Crippen LogP contribution in [0.4, 0.5) is 0 Å². The van der Waals surface area contributed by atoms with E-state index >= 15 is 0 Å². The second-order valence-electron chi connectivity index (χ2n) is 4.89. The molecule has 0 unspecified atom stereocenters. The van der Waals surface area contributed by atoms with Crippen molar-refractivity contribution in [1.29, 1.82) is 0 Å². The Morgan fingerprint density at radius 1 is 1.13 bits per heavy atom. The van der Waals surface area contributed by atoms with Crippen LogP contribution < -0.4 is 9.47 Å². The van der Waals surface area contributed by atoms with Gasteiger partial charge in [-0.2, -0.15) is 4.98 Å². The van der Waals surface area contributed by atoms with Crippen LogP contribution in [0.2, 0.25) is 0 Å². The Morgan fingerprint density at radius 2 is 1.91 bits per heavy atom. The minimum Gasteiger partial charge on any atom is -0.493 e. The topological polar surface area (TPSA) is 57.4 Å². The minimum atomic E-state index is 0.448. The van der Waals surface area contributed by atoms with Gasteiger partial charge in [-0.25, -0.2) is 0 Å². The van der Waals surface area contributed by atoms with Gasteiger partial charge in [-0.1, -0.05) is 35.5 Å². The fourth-order valence-electron chi connectivity index (χ4n) is 2.12. The van der Waals surface area contributed by atoms with Gasteiger partial charge in [0.05, 0.1) is 7.11 Å². The van der Waals surface area contributed by atoms with Gasteiger partial charge in [0.25, 0.3) is 0 Å². The molecule has 118 valence electrons. The average Bonchev–Trinajstić information content (AvgIpc) is 3.00. The molecule has 3 rings (SSSR count). The summed E-state index contributed by atoms with van der Waals surface area (Å²) in [6.45, 7) is 2.20. The van der Waals surface area contributed by atoms with E-state index in [4.69, 9.17) is 14.0 Å². The van der Waals surface area contributed by atoms with E-state index in [9.17, 15) is 0 Å². The summed E-state index contributed by atoms with van der Waals surface area (Å²) in [5.41, 5.74) is 1.86. The smallest absolute Gasteiger partial charge is 0.223 e. The SMILES string of the molecule is COc1cc(Br)c(-c2noc(C)n2)cc1OCc1ccccc1. The van der Waals surface area contributed by atoms with E-state index in [1.165, 1.54) is 0 Å². The lowest BCUT2D eigenvalue weighted by molar-refractivity contribution is 0.284. The number of aryl methyl sites for hydroxylation is 1. The second kappa shape index (κ2) is 6.83. The molecule has 0 bridgehead atoms. The summed E-state index contributed by atoms with van der Waals surface area (Å²) in [5.74, 6) is 2.27. The number of ether oxygens (including phenoxy) is 2. The second-order valence-corrected chi connectivity index (χ2v) is 5.75. The summed E-state index contributed by atoms with van der Waals surface area (Å²) in [5, 5.41) is 3.95. The maximum Gasteiger partial charge on any atom is 0.223 e. The summed E-state index contributed by atoms with van der Waals surface area (Å²) in [6, 6.07) is 13.6. The lowest BCUT2D eigenvalue weighted by Gasteiger charge is -2.13. The Kier molecular flexibility index (Phi) is 4.62. The average molecular weight is 375 g/mol. The Balaban J connectivity index is 1.91. The number of halogens is 1. The quantitative estimate of drug-likeness (QED) is 0.662. The van der Waals surface area contributed by atoms with Gasteiger partial charge in [-0.15, -0.1) is 0 Å². The fraction of sp³-hybridized carbons (Fsp3) is 0.176. The van der Waals surface area contributed by atoms with Crippen LogP contribution in [-0.4, -0.2) is 17.3 Å². The molecule has 5 nitrogen and oxygen atoms in total. The lowest BCUT2D eigenvalue weighted by Crippen LogP contribution is -1.98. The van der Waals surface area contributed by atoms with Gasteiger partial charge < -0.3 is 14.0 Å². The summed E-state index contributed by atoms with van der Waals surface area (Å²) in [7, 11) is 1.61. The van der Waals surface area contributed by atoms with Gasteiger partial charge in [0.2, 0.25) is 11.7 Å². The zero-order valence-electron chi connectivity index (χ0n) is 12.7. The first-order chi connectivity index (χ1) is 11.2. The maximum atomic E-state index is 5.91. The number of methoxy groups -OCH3 is 1. The molecule has 0 aliphatic rings. The van der Waals surface area contributed by atoms with Gasteiger partial charge in [-0.3, -0.25) is 0 Å². The molecule has 6 heteroatoms. The first kappa shape index (κ1) is 15.6. The highest BCUT2D eigenvalue weighted by atomic mass is 79.9. The normalized spacial score (nSPS) is 10.6. The van der Waals surface area contributed by atoms with Crippen molar-refractivity contribution in [3.05, 3.63) is 58.4 Å². The van der Waals surface area contributed by atoms with Crippen molar-refractivity contribution in [2.75, 3.05) is 7.11 Å². The van der Waals surface area contributed by atoms with Gasteiger partial charge in [0.1, 0.15) is 6.61 Å². The zero-order valence-corrected chi connectivity index (χ0v) is 14.3. The van der Waals surface area contributed by atoms with E-state index in [0.717, 1.165) is 15.6 Å². The number of nitrogens with zero attached hydrogens (tertiary/aromatic N) is 2. The van der Waals surface area contributed by atoms with E-state index in [1.807, 2.05) is 42.5 Å². The van der Waals surface area contributed by atoms with E-state index in [-0.39, 0.29) is 0 Å². The van der Waals surface area contributed by atoms with Crippen LogP contribution in [0, 0.1) is 6.92 Å². The molecular weight excluding hydrogens is 360 g/mol. The number of rotatable bonds is 5. The molecule has 0 N–H and O–H groups in total. The molecule has 23 heavy (non-hydrogen) atoms. The van der Waals surface area contributed by atoms with Crippen LogP contribution in [0.15, 0.2) is 51.5 Å². The predicted octanol–water partition coefficient (Wildman–Crippen LogP) is 4.40. The van der Waals surface area contributed by atoms with Crippen molar-refractivity contribution in [3.8, 4) is 22.9 Å². The summed E-state index contributed by atoms with van der Waals surface area (Å²) in [6.07, 6.45) is 0. The monoisotopic (exact) mass is 374 g/mol. The number of hydrogen-bond donors (Lipinski definition) is 0. The molecule has 0 aliphatic carbocycles. The zero-order chi connectivity index (χ0) is 16.2. The molecule has 0 saturated heterocycles. The Bertz CT molecular complexity index is 803. The Morgan fingerprint density at radius 3 is 2.57 bits per heavy atom. The molecule has 3 aromatic rings. The third-order valence-corrected chi connectivity index (χ3v) is 3.92. The van der Waals surface area contributed by atoms with Crippen LogP contribution in [0.5, 0.6) is 11.5 Å². The molecule has 1 aromatic heterocycles. The first-order valence-electron chi connectivity index (χ1n) is 7.02. The molecule has 0 spiro atoms. The maximum absolute atomic E-state index is 5.91. The molecule has 0 amide bonds. The molecule has 0 fully saturated rings. The highest BCUT2D eigenvalue weighted by Gasteiger charge is 2.15. The van der Waals surface area contributed by atoms with E-state index in [2.05, 4.69) is 26.1 Å². The number of aromatic nitrogens is 2. The van der Waals surface area contributed by atoms with Crippen LogP contribution in [0.25, 0.3) is 11.4 Å². The van der Waals surface area contributed by atoms with E-state index < -0.39 is 0 Å². The molecule has 0 saturated carbocycles. The van der Waals surface area contributed by atoms with Gasteiger partial charge in [-0.05, 0) is 33.6 Å². The van der Waals surface area contributed by atoms with Crippen molar-refractivity contribution in [2.45, 2.75) is 13.5 Å². The van der Waals surface area contributed by atoms with Crippen LogP contribution >= 0.6 is 15.9 Å². The van der Waals surface area contributed by atoms with E-state index in [1.54, 1.807) is 14.0 Å². The summed E-state index contributed by atoms with van der Waals surface area (Å²) < 4.78 is 17.2. The third-order valence-electron chi connectivity index (χ3n) is 3.26. The molecule has 0 radical (unpaired) electrons. The van der Waals surface area contributed by atoms with Gasteiger partial charge >= 0.3 is 0 Å². The van der Waals surface area contributed by atoms with Crippen LogP contribution in [-0.2, 0) is 6.61 Å². The minimum absolute atomic E-state index is 0.448. The largest absolute Gasteiger partial charge is 0.493 e. The number of hydrogen-bond acceptors (Lipinski definition) is 5. The predicted molar refractivity (Wildman–Crippen MR) is 89.5 cm³/mol. The van der Waals surface area contributed by atoms with Crippen molar-refractivity contribution in [3.63, 3.8) is 0 Å². The third kappa shape index (κ3) is 3.53. The fourth-order valence-corrected chi connectivity index (χ4v) is 2.62. The summed E-state index contributed by atoms with van der Waals surface area (Å²) in [4.78, 5) is 4.25. The standard InChI is InChI=1S/C17H15BrN2O3/c1-11-19-17(20-23-11)13-8-16(15(21-2)9-14(13)18)22-10-12-6-4-3-5-7-12/h3-9H,10H2,1-2H3. The molecule has 2 aromatic carbocycles. The molecular formula is C17H15BrN2O3. The highest BCUT2D eigenvalue weighted by Crippen LogP contribution is 2.38.